The molecule has 1 aromatic heterocycles. The second-order valence-electron chi connectivity index (χ2n) is 3.49. The van der Waals surface area contributed by atoms with Crippen molar-refractivity contribution in [3.05, 3.63) is 69.0 Å². The number of hydrogen-bond acceptors (Lipinski definition) is 4. The second kappa shape index (κ2) is 4.93. The Labute approximate surface area is 107 Å². The summed E-state index contributed by atoms with van der Waals surface area (Å²) in [6.07, 6.45) is 2.95. The molecule has 0 aliphatic carbocycles. The molecular weight excluding hydrogens is 256 g/mol. The number of nitro benzene ring substituents is 1. The van der Waals surface area contributed by atoms with Gasteiger partial charge in [0, 0.05) is 29.6 Å². The highest BCUT2D eigenvalue weighted by Crippen LogP contribution is 2.26. The predicted octanol–water partition coefficient (Wildman–Crippen LogP) is 2.87. The number of halogens is 1. The normalized spacial score (nSPS) is 10.1. The molecule has 0 amide bonds. The molecule has 5 nitrogen and oxygen atoms in total. The van der Waals surface area contributed by atoms with E-state index in [1.54, 1.807) is 18.3 Å². The lowest BCUT2D eigenvalue weighted by molar-refractivity contribution is -0.384. The first-order valence-electron chi connectivity index (χ1n) is 4.98. The predicted molar refractivity (Wildman–Crippen MR) is 65.8 cm³/mol. The number of hydrogen-bond donors (Lipinski definition) is 0. The molecule has 0 spiro atoms. The fraction of sp³-hybridized carbons (Fsp3) is 0. The Morgan fingerprint density at radius 1 is 1.28 bits per heavy atom. The molecule has 0 N–H and O–H groups in total. The Kier molecular flexibility index (Phi) is 3.34. The van der Waals surface area contributed by atoms with Crippen molar-refractivity contribution in [1.82, 2.24) is 4.98 Å². The molecule has 0 saturated carbocycles. The van der Waals surface area contributed by atoms with E-state index in [1.165, 1.54) is 18.3 Å². The number of carbonyl (C=O) groups is 1. The number of ketones is 1. The molecule has 0 atom stereocenters. The lowest BCUT2D eigenvalue weighted by Gasteiger charge is -2.01. The summed E-state index contributed by atoms with van der Waals surface area (Å²) in [6.45, 7) is 0. The van der Waals surface area contributed by atoms with Crippen LogP contribution in [0.15, 0.2) is 42.7 Å². The highest BCUT2D eigenvalue weighted by Gasteiger charge is 2.17. The van der Waals surface area contributed by atoms with Gasteiger partial charge in [0.2, 0.25) is 0 Å². The third kappa shape index (κ3) is 2.36. The van der Waals surface area contributed by atoms with E-state index < -0.39 is 4.92 Å². The number of nitrogens with zero attached hydrogens (tertiary/aromatic N) is 2. The molecule has 1 aromatic carbocycles. The van der Waals surface area contributed by atoms with Crippen LogP contribution in [0, 0.1) is 10.1 Å². The lowest BCUT2D eigenvalue weighted by atomic mass is 10.0. The van der Waals surface area contributed by atoms with Gasteiger partial charge >= 0.3 is 0 Å². The van der Waals surface area contributed by atoms with Crippen LogP contribution in [0.1, 0.15) is 15.9 Å². The number of pyridine rings is 1. The number of rotatable bonds is 3. The maximum atomic E-state index is 12.0. The van der Waals surface area contributed by atoms with Crippen molar-refractivity contribution in [2.75, 3.05) is 0 Å². The van der Waals surface area contributed by atoms with Crippen molar-refractivity contribution in [3.63, 3.8) is 0 Å². The van der Waals surface area contributed by atoms with Crippen LogP contribution in [0.25, 0.3) is 0 Å². The topological polar surface area (TPSA) is 73.1 Å². The Bertz CT molecular complexity index is 614. The van der Waals surface area contributed by atoms with E-state index in [0.29, 0.717) is 5.56 Å². The van der Waals surface area contributed by atoms with Gasteiger partial charge < -0.3 is 0 Å². The molecule has 0 unspecified atom stereocenters. The van der Waals surface area contributed by atoms with Gasteiger partial charge in [0.1, 0.15) is 5.02 Å². The van der Waals surface area contributed by atoms with Crippen LogP contribution in [-0.4, -0.2) is 15.7 Å². The van der Waals surface area contributed by atoms with E-state index in [2.05, 4.69) is 4.98 Å². The average Bonchev–Trinajstić information content (AvgIpc) is 2.39. The van der Waals surface area contributed by atoms with Crippen LogP contribution >= 0.6 is 11.6 Å². The fourth-order valence-electron chi connectivity index (χ4n) is 1.46. The Balaban J connectivity index is 2.44. The van der Waals surface area contributed by atoms with Gasteiger partial charge in [-0.1, -0.05) is 11.6 Å². The summed E-state index contributed by atoms with van der Waals surface area (Å²) in [5, 5.41) is 10.7. The first-order valence-corrected chi connectivity index (χ1v) is 5.36. The van der Waals surface area contributed by atoms with Crippen LogP contribution in [0.2, 0.25) is 5.02 Å². The van der Waals surface area contributed by atoms with Gasteiger partial charge in [-0.05, 0) is 24.3 Å². The van der Waals surface area contributed by atoms with Crippen LogP contribution in [0.5, 0.6) is 0 Å². The largest absolute Gasteiger partial charge is 0.289 e. The summed E-state index contributed by atoms with van der Waals surface area (Å²) in [6, 6.07) is 7.17. The van der Waals surface area contributed by atoms with Gasteiger partial charge in [0.05, 0.1) is 4.92 Å². The van der Waals surface area contributed by atoms with Crippen molar-refractivity contribution >= 4 is 23.1 Å². The molecule has 1 heterocycles. The maximum absolute atomic E-state index is 12.0. The minimum absolute atomic E-state index is 0.00253. The summed E-state index contributed by atoms with van der Waals surface area (Å²) in [5.74, 6) is -0.331. The van der Waals surface area contributed by atoms with Crippen molar-refractivity contribution in [1.29, 1.82) is 0 Å². The van der Waals surface area contributed by atoms with Gasteiger partial charge in [0.25, 0.3) is 5.69 Å². The first-order chi connectivity index (χ1) is 8.59. The first kappa shape index (κ1) is 12.2. The molecular formula is C12H7ClN2O3. The minimum Gasteiger partial charge on any atom is -0.289 e. The molecule has 0 saturated heterocycles. The second-order valence-corrected chi connectivity index (χ2v) is 3.90. The molecule has 18 heavy (non-hydrogen) atoms. The van der Waals surface area contributed by atoms with Gasteiger partial charge in [-0.2, -0.15) is 0 Å². The zero-order valence-electron chi connectivity index (χ0n) is 9.04. The standard InChI is InChI=1S/C12H7ClN2O3/c13-10-4-3-8(6-11(10)15(17)18)12(16)9-2-1-5-14-7-9/h1-7H. The van der Waals surface area contributed by atoms with Gasteiger partial charge in [-0.25, -0.2) is 0 Å². The molecule has 0 bridgehead atoms. The van der Waals surface area contributed by atoms with E-state index in [0.717, 1.165) is 6.07 Å². The minimum atomic E-state index is -0.623. The van der Waals surface area contributed by atoms with E-state index in [1.807, 2.05) is 0 Å². The quantitative estimate of drug-likeness (QED) is 0.484. The van der Waals surface area contributed by atoms with E-state index in [-0.39, 0.29) is 22.1 Å². The Morgan fingerprint density at radius 2 is 2.06 bits per heavy atom. The molecule has 6 heteroatoms. The average molecular weight is 263 g/mol. The zero-order valence-corrected chi connectivity index (χ0v) is 9.79. The molecule has 0 aliphatic rings. The number of aromatic nitrogens is 1. The van der Waals surface area contributed by atoms with Crippen LogP contribution in [0.4, 0.5) is 5.69 Å². The summed E-state index contributed by atoms with van der Waals surface area (Å²) in [7, 11) is 0. The molecule has 2 aromatic rings. The van der Waals surface area contributed by atoms with Crippen molar-refractivity contribution in [2.45, 2.75) is 0 Å². The van der Waals surface area contributed by atoms with Crippen LogP contribution in [0.3, 0.4) is 0 Å². The van der Waals surface area contributed by atoms with E-state index in [4.69, 9.17) is 11.6 Å². The van der Waals surface area contributed by atoms with Crippen molar-refractivity contribution in [2.24, 2.45) is 0 Å². The highest BCUT2D eigenvalue weighted by atomic mass is 35.5. The number of carbonyl (C=O) groups excluding carboxylic acids is 1. The maximum Gasteiger partial charge on any atom is 0.288 e. The number of benzene rings is 1. The molecule has 0 aliphatic heterocycles. The monoisotopic (exact) mass is 262 g/mol. The van der Waals surface area contributed by atoms with Crippen LogP contribution in [-0.2, 0) is 0 Å². The SMILES string of the molecule is O=C(c1cccnc1)c1ccc(Cl)c([N+](=O)[O-])c1. The molecule has 2 rings (SSSR count). The zero-order chi connectivity index (χ0) is 13.1. The van der Waals surface area contributed by atoms with E-state index >= 15 is 0 Å². The Morgan fingerprint density at radius 3 is 2.67 bits per heavy atom. The van der Waals surface area contributed by atoms with Crippen molar-refractivity contribution in [3.8, 4) is 0 Å². The Hall–Kier alpha value is -2.27. The highest BCUT2D eigenvalue weighted by molar-refractivity contribution is 6.32. The van der Waals surface area contributed by atoms with Gasteiger partial charge in [-0.3, -0.25) is 19.9 Å². The van der Waals surface area contributed by atoms with E-state index in [9.17, 15) is 14.9 Å². The van der Waals surface area contributed by atoms with Gasteiger partial charge in [0.15, 0.2) is 5.78 Å². The molecule has 90 valence electrons. The summed E-state index contributed by atoms with van der Waals surface area (Å²) >= 11 is 5.68. The smallest absolute Gasteiger partial charge is 0.288 e. The lowest BCUT2D eigenvalue weighted by Crippen LogP contribution is -2.02. The molecule has 0 radical (unpaired) electrons. The third-order valence-corrected chi connectivity index (χ3v) is 2.65. The molecule has 0 fully saturated rings. The van der Waals surface area contributed by atoms with Crippen LogP contribution < -0.4 is 0 Å². The summed E-state index contributed by atoms with van der Waals surface area (Å²) in [5.41, 5.74) is 0.291. The third-order valence-electron chi connectivity index (χ3n) is 2.33. The van der Waals surface area contributed by atoms with Gasteiger partial charge in [-0.15, -0.1) is 0 Å². The summed E-state index contributed by atoms with van der Waals surface area (Å²) < 4.78 is 0. The summed E-state index contributed by atoms with van der Waals surface area (Å²) in [4.78, 5) is 26.0. The van der Waals surface area contributed by atoms with Crippen molar-refractivity contribution < 1.29 is 9.72 Å². The number of nitro groups is 1. The fourth-order valence-corrected chi connectivity index (χ4v) is 1.64.